The zero-order valence-corrected chi connectivity index (χ0v) is 28.3. The summed E-state index contributed by atoms with van der Waals surface area (Å²) in [6.45, 7) is 8.40. The molecule has 2 aliphatic rings. The summed E-state index contributed by atoms with van der Waals surface area (Å²) in [5, 5.41) is 22.0. The molecule has 6 rings (SSSR count). The van der Waals surface area contributed by atoms with Crippen LogP contribution in [0.3, 0.4) is 0 Å². The Balaban J connectivity index is 1.15. The zero-order chi connectivity index (χ0) is 33.8. The average molecular weight is 674 g/mol. The molecule has 1 fully saturated rings. The van der Waals surface area contributed by atoms with Gasteiger partial charge in [0.1, 0.15) is 25.3 Å². The minimum absolute atomic E-state index is 0.0761. The van der Waals surface area contributed by atoms with Crippen molar-refractivity contribution >= 4 is 31.6 Å². The van der Waals surface area contributed by atoms with Crippen molar-refractivity contribution in [3.05, 3.63) is 72.3 Å². The average Bonchev–Trinajstić information content (AvgIpc) is 3.77. The van der Waals surface area contributed by atoms with E-state index in [0.717, 1.165) is 22.3 Å². The van der Waals surface area contributed by atoms with Crippen LogP contribution in [0.4, 0.5) is 10.6 Å². The number of aliphatic hydroxyl groups excluding tert-OH is 1. The number of carbonyl (C=O) groups is 1. The van der Waals surface area contributed by atoms with Gasteiger partial charge in [-0.05, 0) is 49.9 Å². The SMILES string of the molecule is CC(C)N(C(C)C)P(OCCC#N)O[C@H]1C[C@H](n2cnc3c(NC(=O)OCC4c5ccccc5-c5ccccc54)ncnc32)O[C@@H]1CO. The Morgan fingerprint density at radius 3 is 2.44 bits per heavy atom. The summed E-state index contributed by atoms with van der Waals surface area (Å²) < 4.78 is 28.4. The second kappa shape index (κ2) is 15.0. The summed E-state index contributed by atoms with van der Waals surface area (Å²) in [6, 6.07) is 18.7. The molecule has 1 aliphatic carbocycles. The van der Waals surface area contributed by atoms with Crippen LogP contribution in [0.1, 0.15) is 63.8 Å². The fraction of sp³-hybridized carbons (Fsp3) is 0.441. The molecule has 48 heavy (non-hydrogen) atoms. The Kier molecular flexibility index (Phi) is 10.6. The highest BCUT2D eigenvalue weighted by Crippen LogP contribution is 2.50. The number of nitriles is 1. The molecule has 2 N–H and O–H groups in total. The lowest BCUT2D eigenvalue weighted by Crippen LogP contribution is -2.36. The Morgan fingerprint density at radius 2 is 1.79 bits per heavy atom. The van der Waals surface area contributed by atoms with Gasteiger partial charge in [0.05, 0.1) is 38.1 Å². The van der Waals surface area contributed by atoms with E-state index in [1.54, 1.807) is 10.9 Å². The number of aromatic nitrogens is 4. The van der Waals surface area contributed by atoms with Crippen LogP contribution in [0.5, 0.6) is 0 Å². The summed E-state index contributed by atoms with van der Waals surface area (Å²) >= 11 is 0. The van der Waals surface area contributed by atoms with Crippen LogP contribution in [0, 0.1) is 11.3 Å². The van der Waals surface area contributed by atoms with Gasteiger partial charge >= 0.3 is 6.09 Å². The first-order valence-electron chi connectivity index (χ1n) is 16.1. The van der Waals surface area contributed by atoms with E-state index >= 15 is 0 Å². The van der Waals surface area contributed by atoms with Crippen LogP contribution >= 0.6 is 8.53 Å². The first kappa shape index (κ1) is 33.9. The van der Waals surface area contributed by atoms with Gasteiger partial charge in [-0.3, -0.25) is 9.88 Å². The standard InChI is InChI=1S/C34H40N7O6P/c1-21(2)41(22(3)4)48(45-15-9-14-35)47-28-16-30(46-29(28)17-42)40-20-38-31-32(36-19-37-33(31)40)39-34(43)44-18-27-25-12-7-5-10-23(25)24-11-6-8-13-26(24)27/h5-8,10-13,19-22,27-30,42H,9,15-18H2,1-4H3,(H,36,37,39,43)/t28-,29+,30+,48?/m0/s1. The van der Waals surface area contributed by atoms with Crippen LogP contribution in [0.2, 0.25) is 0 Å². The summed E-state index contributed by atoms with van der Waals surface area (Å²) in [5.74, 6) is 0.132. The van der Waals surface area contributed by atoms with E-state index in [1.165, 1.54) is 6.33 Å². The van der Waals surface area contributed by atoms with E-state index in [1.807, 2.05) is 24.3 Å². The first-order valence-corrected chi connectivity index (χ1v) is 17.2. The van der Waals surface area contributed by atoms with E-state index in [9.17, 15) is 9.90 Å². The Morgan fingerprint density at radius 1 is 1.10 bits per heavy atom. The highest BCUT2D eigenvalue weighted by atomic mass is 31.2. The van der Waals surface area contributed by atoms with Crippen LogP contribution in [0.25, 0.3) is 22.3 Å². The minimum atomic E-state index is -1.54. The quantitative estimate of drug-likeness (QED) is 0.124. The summed E-state index contributed by atoms with van der Waals surface area (Å²) in [7, 11) is -1.54. The molecular formula is C34H40N7O6P. The summed E-state index contributed by atoms with van der Waals surface area (Å²) in [5.41, 5.74) is 5.35. The van der Waals surface area contributed by atoms with Crippen molar-refractivity contribution in [2.24, 2.45) is 0 Å². The molecule has 13 nitrogen and oxygen atoms in total. The number of aliphatic hydroxyl groups is 1. The lowest BCUT2D eigenvalue weighted by Gasteiger charge is -2.37. The topological polar surface area (TPSA) is 157 Å². The maximum Gasteiger partial charge on any atom is 0.412 e. The van der Waals surface area contributed by atoms with E-state index in [4.69, 9.17) is 23.8 Å². The zero-order valence-electron chi connectivity index (χ0n) is 27.4. The van der Waals surface area contributed by atoms with Crippen molar-refractivity contribution in [1.29, 1.82) is 5.26 Å². The van der Waals surface area contributed by atoms with Crippen LogP contribution < -0.4 is 5.32 Å². The Labute approximate surface area is 280 Å². The molecule has 14 heteroatoms. The van der Waals surface area contributed by atoms with Gasteiger partial charge in [0.15, 0.2) is 17.0 Å². The third-order valence-electron chi connectivity index (χ3n) is 8.48. The van der Waals surface area contributed by atoms with Gasteiger partial charge in [-0.25, -0.2) is 24.4 Å². The van der Waals surface area contributed by atoms with Gasteiger partial charge in [-0.15, -0.1) is 0 Å². The summed E-state index contributed by atoms with van der Waals surface area (Å²) in [6.07, 6.45) is 1.22. The third-order valence-corrected chi connectivity index (χ3v) is 10.6. The lowest BCUT2D eigenvalue weighted by atomic mass is 9.98. The van der Waals surface area contributed by atoms with Crippen molar-refractivity contribution in [2.45, 2.75) is 77.0 Å². The van der Waals surface area contributed by atoms with Crippen molar-refractivity contribution in [2.75, 3.05) is 25.1 Å². The maximum absolute atomic E-state index is 13.0. The number of fused-ring (bicyclic) bond motifs is 4. The molecule has 252 valence electrons. The molecule has 4 aromatic rings. The van der Waals surface area contributed by atoms with Gasteiger partial charge < -0.3 is 23.6 Å². The molecule has 1 saturated heterocycles. The predicted octanol–water partition coefficient (Wildman–Crippen LogP) is 6.13. The van der Waals surface area contributed by atoms with Gasteiger partial charge in [0.25, 0.3) is 8.53 Å². The molecule has 1 aliphatic heterocycles. The number of rotatable bonds is 13. The van der Waals surface area contributed by atoms with Gasteiger partial charge in [0, 0.05) is 24.4 Å². The molecule has 2 aromatic carbocycles. The number of benzene rings is 2. The Bertz CT molecular complexity index is 1720. The number of ether oxygens (including phenoxy) is 2. The fourth-order valence-corrected chi connectivity index (χ4v) is 8.20. The number of imidazole rings is 1. The van der Waals surface area contributed by atoms with E-state index in [-0.39, 0.29) is 50.1 Å². The predicted molar refractivity (Wildman–Crippen MR) is 180 cm³/mol. The molecule has 0 spiro atoms. The normalized spacial score (nSPS) is 19.5. The van der Waals surface area contributed by atoms with Crippen LogP contribution in [-0.4, -0.2) is 79.5 Å². The fourth-order valence-electron chi connectivity index (χ4n) is 6.44. The van der Waals surface area contributed by atoms with E-state index in [2.05, 4.69) is 83.0 Å². The largest absolute Gasteiger partial charge is 0.448 e. The molecule has 4 atom stereocenters. The third kappa shape index (κ3) is 6.91. The smallest absolute Gasteiger partial charge is 0.412 e. The summed E-state index contributed by atoms with van der Waals surface area (Å²) in [4.78, 5) is 26.2. The van der Waals surface area contributed by atoms with Crippen LogP contribution in [-0.2, 0) is 18.5 Å². The first-order chi connectivity index (χ1) is 23.3. The van der Waals surface area contributed by atoms with Crippen molar-refractivity contribution in [3.63, 3.8) is 0 Å². The molecule has 2 aromatic heterocycles. The molecule has 1 unspecified atom stereocenters. The number of nitrogens with zero attached hydrogens (tertiary/aromatic N) is 6. The number of hydrogen-bond acceptors (Lipinski definition) is 11. The molecule has 3 heterocycles. The van der Waals surface area contributed by atoms with E-state index < -0.39 is 33.1 Å². The van der Waals surface area contributed by atoms with Crippen molar-refractivity contribution in [1.82, 2.24) is 24.2 Å². The monoisotopic (exact) mass is 673 g/mol. The highest BCUT2D eigenvalue weighted by molar-refractivity contribution is 7.44. The van der Waals surface area contributed by atoms with Gasteiger partial charge in [-0.1, -0.05) is 48.5 Å². The number of nitrogens with one attached hydrogen (secondary N) is 1. The van der Waals surface area contributed by atoms with Crippen molar-refractivity contribution in [3.8, 4) is 17.2 Å². The second-order valence-corrected chi connectivity index (χ2v) is 13.6. The molecule has 0 radical (unpaired) electrons. The molecular weight excluding hydrogens is 633 g/mol. The molecule has 0 bridgehead atoms. The number of amides is 1. The van der Waals surface area contributed by atoms with Gasteiger partial charge in [-0.2, -0.15) is 5.26 Å². The Hall–Kier alpha value is -4.02. The number of anilines is 1. The van der Waals surface area contributed by atoms with Crippen LogP contribution in [0.15, 0.2) is 61.2 Å². The van der Waals surface area contributed by atoms with Gasteiger partial charge in [0.2, 0.25) is 0 Å². The van der Waals surface area contributed by atoms with E-state index in [0.29, 0.717) is 17.6 Å². The molecule has 1 amide bonds. The highest BCUT2D eigenvalue weighted by Gasteiger charge is 2.41. The minimum Gasteiger partial charge on any atom is -0.448 e. The number of carbonyl (C=O) groups excluding carboxylic acids is 1. The lowest BCUT2D eigenvalue weighted by molar-refractivity contribution is -0.0411. The van der Waals surface area contributed by atoms with Crippen molar-refractivity contribution < 1.29 is 28.4 Å². The maximum atomic E-state index is 13.0. The molecule has 0 saturated carbocycles. The second-order valence-electron chi connectivity index (χ2n) is 12.2. The number of hydrogen-bond donors (Lipinski definition) is 2.